The molecule has 2 saturated carbocycles. The zero-order chi connectivity index (χ0) is 11.1. The minimum absolute atomic E-state index is 0.0837. The van der Waals surface area contributed by atoms with Crippen LogP contribution in [-0.2, 0) is 0 Å². The summed E-state index contributed by atoms with van der Waals surface area (Å²) < 4.78 is 0. The van der Waals surface area contributed by atoms with Gasteiger partial charge in [-0.15, -0.1) is 0 Å². The number of hydrogen-bond donors (Lipinski definition) is 2. The monoisotopic (exact) mass is 212 g/mol. The molecule has 2 heteroatoms. The van der Waals surface area contributed by atoms with Gasteiger partial charge in [0, 0.05) is 6.61 Å². The van der Waals surface area contributed by atoms with Gasteiger partial charge >= 0.3 is 0 Å². The van der Waals surface area contributed by atoms with Gasteiger partial charge < -0.3 is 10.2 Å². The van der Waals surface area contributed by atoms with Crippen LogP contribution in [0.1, 0.15) is 46.0 Å². The predicted octanol–water partition coefficient (Wildman–Crippen LogP) is 2.19. The molecule has 0 bridgehead atoms. The molecule has 0 saturated heterocycles. The summed E-state index contributed by atoms with van der Waals surface area (Å²) in [4.78, 5) is 0. The number of aliphatic hydroxyl groups is 2. The molecule has 0 aliphatic heterocycles. The van der Waals surface area contributed by atoms with Gasteiger partial charge in [-0.05, 0) is 48.9 Å². The predicted molar refractivity (Wildman–Crippen MR) is 60.4 cm³/mol. The summed E-state index contributed by atoms with van der Waals surface area (Å²) >= 11 is 0. The van der Waals surface area contributed by atoms with Crippen molar-refractivity contribution < 1.29 is 10.2 Å². The Hall–Kier alpha value is -0.0800. The fourth-order valence-electron chi connectivity index (χ4n) is 4.25. The molecule has 0 amide bonds. The van der Waals surface area contributed by atoms with Gasteiger partial charge in [0.1, 0.15) is 0 Å². The van der Waals surface area contributed by atoms with Crippen LogP contribution in [0, 0.1) is 23.2 Å². The van der Waals surface area contributed by atoms with Gasteiger partial charge in [-0.1, -0.05) is 20.3 Å². The highest BCUT2D eigenvalue weighted by Gasteiger charge is 2.51. The molecule has 5 atom stereocenters. The van der Waals surface area contributed by atoms with Gasteiger partial charge in [0.15, 0.2) is 0 Å². The highest BCUT2D eigenvalue weighted by Crippen LogP contribution is 2.57. The van der Waals surface area contributed by atoms with Gasteiger partial charge in [0.25, 0.3) is 0 Å². The third-order valence-electron chi connectivity index (χ3n) is 5.14. The average molecular weight is 212 g/mol. The summed E-state index contributed by atoms with van der Waals surface area (Å²) in [5, 5.41) is 19.4. The second-order valence-corrected chi connectivity index (χ2v) is 5.92. The molecule has 0 heterocycles. The van der Waals surface area contributed by atoms with Crippen LogP contribution in [0.25, 0.3) is 0 Å². The van der Waals surface area contributed by atoms with Crippen molar-refractivity contribution in [1.82, 2.24) is 0 Å². The molecule has 2 aliphatic carbocycles. The highest BCUT2D eigenvalue weighted by atomic mass is 16.3. The molecule has 0 radical (unpaired) electrons. The Morgan fingerprint density at radius 1 is 1.33 bits per heavy atom. The Balaban J connectivity index is 2.17. The summed E-state index contributed by atoms with van der Waals surface area (Å²) in [5.41, 5.74) is 0.291. The Labute approximate surface area is 92.7 Å². The fraction of sp³-hybridized carbons (Fsp3) is 1.00. The second-order valence-electron chi connectivity index (χ2n) is 5.92. The van der Waals surface area contributed by atoms with E-state index in [2.05, 4.69) is 13.8 Å². The lowest BCUT2D eigenvalue weighted by Crippen LogP contribution is -2.41. The Morgan fingerprint density at radius 2 is 2.07 bits per heavy atom. The maximum atomic E-state index is 10.1. The van der Waals surface area contributed by atoms with Crippen molar-refractivity contribution in [2.75, 3.05) is 6.61 Å². The summed E-state index contributed by atoms with van der Waals surface area (Å²) in [7, 11) is 0. The molecule has 2 aliphatic rings. The normalized spacial score (nSPS) is 47.6. The van der Waals surface area contributed by atoms with Gasteiger partial charge in [-0.3, -0.25) is 0 Å². The van der Waals surface area contributed by atoms with E-state index in [1.165, 1.54) is 12.8 Å². The van der Waals surface area contributed by atoms with Crippen LogP contribution in [0.4, 0.5) is 0 Å². The smallest absolute Gasteiger partial charge is 0.0573 e. The largest absolute Gasteiger partial charge is 0.396 e. The molecular formula is C13H24O2. The van der Waals surface area contributed by atoms with Crippen molar-refractivity contribution in [3.63, 3.8) is 0 Å². The van der Waals surface area contributed by atoms with Gasteiger partial charge in [-0.25, -0.2) is 0 Å². The van der Waals surface area contributed by atoms with Gasteiger partial charge in [0.05, 0.1) is 6.10 Å². The van der Waals surface area contributed by atoms with Gasteiger partial charge in [-0.2, -0.15) is 0 Å². The molecule has 2 fully saturated rings. The SMILES string of the molecule is C[C@H](CO)C1CCC2C(O)CCCC21C. The Kier molecular flexibility index (Phi) is 3.09. The number of rotatable bonds is 2. The summed E-state index contributed by atoms with van der Waals surface area (Å²) in [6.45, 7) is 4.78. The highest BCUT2D eigenvalue weighted by molar-refractivity contribution is 5.01. The third-order valence-corrected chi connectivity index (χ3v) is 5.14. The summed E-state index contributed by atoms with van der Waals surface area (Å²) in [6.07, 6.45) is 5.65. The van der Waals surface area contributed by atoms with E-state index in [1.54, 1.807) is 0 Å². The molecule has 0 aromatic rings. The first-order chi connectivity index (χ1) is 7.09. The quantitative estimate of drug-likeness (QED) is 0.736. The Bertz CT molecular complexity index is 229. The summed E-state index contributed by atoms with van der Waals surface area (Å²) in [6, 6.07) is 0. The molecule has 88 valence electrons. The minimum atomic E-state index is -0.0837. The van der Waals surface area contributed by atoms with Crippen LogP contribution < -0.4 is 0 Å². The van der Waals surface area contributed by atoms with E-state index in [0.29, 0.717) is 29.8 Å². The average Bonchev–Trinajstić information content (AvgIpc) is 2.56. The van der Waals surface area contributed by atoms with E-state index < -0.39 is 0 Å². The minimum Gasteiger partial charge on any atom is -0.396 e. The van der Waals surface area contributed by atoms with Crippen LogP contribution in [0.3, 0.4) is 0 Å². The lowest BCUT2D eigenvalue weighted by molar-refractivity contribution is -0.0321. The third kappa shape index (κ3) is 1.72. The molecule has 0 aromatic carbocycles. The zero-order valence-corrected chi connectivity index (χ0v) is 9.95. The lowest BCUT2D eigenvalue weighted by Gasteiger charge is -2.45. The topological polar surface area (TPSA) is 40.5 Å². The van der Waals surface area contributed by atoms with E-state index >= 15 is 0 Å². The molecule has 2 nitrogen and oxygen atoms in total. The number of aliphatic hydroxyl groups excluding tert-OH is 2. The first-order valence-electron chi connectivity index (χ1n) is 6.38. The van der Waals surface area contributed by atoms with Gasteiger partial charge in [0.2, 0.25) is 0 Å². The molecule has 4 unspecified atom stereocenters. The fourth-order valence-corrected chi connectivity index (χ4v) is 4.25. The number of hydrogen-bond acceptors (Lipinski definition) is 2. The first-order valence-corrected chi connectivity index (χ1v) is 6.38. The van der Waals surface area contributed by atoms with E-state index in [-0.39, 0.29) is 6.10 Å². The van der Waals surface area contributed by atoms with Crippen LogP contribution >= 0.6 is 0 Å². The van der Waals surface area contributed by atoms with Crippen molar-refractivity contribution in [3.8, 4) is 0 Å². The molecular weight excluding hydrogens is 188 g/mol. The van der Waals surface area contributed by atoms with Crippen molar-refractivity contribution in [1.29, 1.82) is 0 Å². The second kappa shape index (κ2) is 4.06. The number of fused-ring (bicyclic) bond motifs is 1. The molecule has 15 heavy (non-hydrogen) atoms. The first kappa shape index (κ1) is 11.4. The molecule has 0 spiro atoms. The standard InChI is InChI=1S/C13H24O2/c1-9(8-14)10-5-6-11-12(15)4-3-7-13(10,11)2/h9-12,14-15H,3-8H2,1-2H3/t9-,10?,11?,12?,13?/m1/s1. The molecule has 0 aromatic heterocycles. The van der Waals surface area contributed by atoms with Crippen LogP contribution in [0.2, 0.25) is 0 Å². The van der Waals surface area contributed by atoms with Crippen LogP contribution in [0.15, 0.2) is 0 Å². The summed E-state index contributed by atoms with van der Waals surface area (Å²) in [5.74, 6) is 1.50. The van der Waals surface area contributed by atoms with Crippen molar-refractivity contribution >= 4 is 0 Å². The zero-order valence-electron chi connectivity index (χ0n) is 9.95. The van der Waals surface area contributed by atoms with E-state index in [4.69, 9.17) is 0 Å². The van der Waals surface area contributed by atoms with Crippen molar-refractivity contribution in [2.24, 2.45) is 23.2 Å². The van der Waals surface area contributed by atoms with Crippen LogP contribution in [-0.4, -0.2) is 22.9 Å². The lowest BCUT2D eigenvalue weighted by atomic mass is 9.62. The van der Waals surface area contributed by atoms with E-state index in [9.17, 15) is 10.2 Å². The van der Waals surface area contributed by atoms with E-state index in [0.717, 1.165) is 19.3 Å². The van der Waals surface area contributed by atoms with Crippen molar-refractivity contribution in [2.45, 2.75) is 52.1 Å². The van der Waals surface area contributed by atoms with Crippen LogP contribution in [0.5, 0.6) is 0 Å². The van der Waals surface area contributed by atoms with Crippen molar-refractivity contribution in [3.05, 3.63) is 0 Å². The van der Waals surface area contributed by atoms with E-state index in [1.807, 2.05) is 0 Å². The molecule has 2 rings (SSSR count). The maximum Gasteiger partial charge on any atom is 0.0573 e. The Morgan fingerprint density at radius 3 is 2.73 bits per heavy atom. The maximum absolute atomic E-state index is 10.1. The molecule has 2 N–H and O–H groups in total.